The molecule has 0 saturated heterocycles. The fourth-order valence-electron chi connectivity index (χ4n) is 3.83. The molecule has 1 nitrogen and oxygen atoms in total. The molecule has 16 heavy (non-hydrogen) atoms. The minimum atomic E-state index is -0.0114. The van der Waals surface area contributed by atoms with Gasteiger partial charge in [0.05, 0.1) is 6.10 Å². The van der Waals surface area contributed by atoms with Crippen LogP contribution in [0, 0.1) is 23.7 Å². The minimum absolute atomic E-state index is 0.0114. The van der Waals surface area contributed by atoms with Gasteiger partial charge in [0.2, 0.25) is 0 Å². The molecular formula is C15H28O. The summed E-state index contributed by atoms with van der Waals surface area (Å²) < 4.78 is 0. The highest BCUT2D eigenvalue weighted by Gasteiger charge is 2.33. The van der Waals surface area contributed by atoms with E-state index >= 15 is 0 Å². The Balaban J connectivity index is 1.81. The van der Waals surface area contributed by atoms with E-state index in [1.807, 2.05) is 0 Å². The second kappa shape index (κ2) is 5.53. The van der Waals surface area contributed by atoms with Crippen LogP contribution in [0.5, 0.6) is 0 Å². The monoisotopic (exact) mass is 224 g/mol. The third-order valence-corrected chi connectivity index (χ3v) is 5.33. The summed E-state index contributed by atoms with van der Waals surface area (Å²) in [4.78, 5) is 0. The van der Waals surface area contributed by atoms with Crippen molar-refractivity contribution in [2.24, 2.45) is 23.7 Å². The molecule has 1 unspecified atom stereocenters. The van der Waals surface area contributed by atoms with Crippen LogP contribution in [-0.2, 0) is 0 Å². The zero-order valence-electron chi connectivity index (χ0n) is 11.0. The Morgan fingerprint density at radius 2 is 1.56 bits per heavy atom. The maximum atomic E-state index is 9.98. The van der Waals surface area contributed by atoms with Crippen LogP contribution in [0.3, 0.4) is 0 Å². The molecule has 0 heterocycles. The Kier molecular flexibility index (Phi) is 4.29. The first-order valence-electron chi connectivity index (χ1n) is 7.38. The third kappa shape index (κ3) is 2.80. The molecule has 1 heteroatoms. The normalized spacial score (nSPS) is 45.6. The van der Waals surface area contributed by atoms with Crippen LogP contribution < -0.4 is 0 Å². The fourth-order valence-corrected chi connectivity index (χ4v) is 3.83. The molecule has 0 aromatic rings. The van der Waals surface area contributed by atoms with Crippen molar-refractivity contribution >= 4 is 0 Å². The van der Waals surface area contributed by atoms with Gasteiger partial charge in [0.1, 0.15) is 0 Å². The van der Waals surface area contributed by atoms with Gasteiger partial charge in [-0.05, 0) is 55.8 Å². The van der Waals surface area contributed by atoms with E-state index in [0.717, 1.165) is 24.2 Å². The lowest BCUT2D eigenvalue weighted by Crippen LogP contribution is -2.32. The number of aliphatic hydroxyl groups is 1. The number of hydrogen-bond acceptors (Lipinski definition) is 1. The van der Waals surface area contributed by atoms with Crippen LogP contribution in [0.1, 0.15) is 65.2 Å². The van der Waals surface area contributed by atoms with E-state index in [4.69, 9.17) is 0 Å². The van der Waals surface area contributed by atoms with Gasteiger partial charge in [0.25, 0.3) is 0 Å². The number of aliphatic hydroxyl groups excluding tert-OH is 1. The van der Waals surface area contributed by atoms with E-state index in [1.165, 1.54) is 44.9 Å². The third-order valence-electron chi connectivity index (χ3n) is 5.33. The van der Waals surface area contributed by atoms with Crippen LogP contribution in [0.4, 0.5) is 0 Å². The Hall–Kier alpha value is -0.0400. The predicted molar refractivity (Wildman–Crippen MR) is 68.3 cm³/mol. The van der Waals surface area contributed by atoms with Gasteiger partial charge in [-0.2, -0.15) is 0 Å². The first kappa shape index (κ1) is 12.4. The molecule has 0 amide bonds. The van der Waals surface area contributed by atoms with E-state index in [0.29, 0.717) is 5.92 Å². The molecule has 2 aliphatic rings. The maximum Gasteiger partial charge on any atom is 0.0568 e. The van der Waals surface area contributed by atoms with Gasteiger partial charge in [-0.25, -0.2) is 0 Å². The molecule has 0 aromatic carbocycles. The molecule has 2 fully saturated rings. The molecular weight excluding hydrogens is 196 g/mol. The zero-order chi connectivity index (χ0) is 11.5. The van der Waals surface area contributed by atoms with Crippen molar-refractivity contribution in [3.63, 3.8) is 0 Å². The van der Waals surface area contributed by atoms with Gasteiger partial charge >= 0.3 is 0 Å². The van der Waals surface area contributed by atoms with Gasteiger partial charge in [0.15, 0.2) is 0 Å². The van der Waals surface area contributed by atoms with Gasteiger partial charge in [-0.15, -0.1) is 0 Å². The average molecular weight is 224 g/mol. The Morgan fingerprint density at radius 1 is 0.938 bits per heavy atom. The lowest BCUT2D eigenvalue weighted by atomic mass is 9.68. The number of rotatable bonds is 2. The second-order valence-corrected chi connectivity index (χ2v) is 6.31. The van der Waals surface area contributed by atoms with Crippen molar-refractivity contribution in [2.45, 2.75) is 71.3 Å². The highest BCUT2D eigenvalue weighted by Crippen LogP contribution is 2.41. The summed E-state index contributed by atoms with van der Waals surface area (Å²) in [6.45, 7) is 4.53. The molecule has 0 spiro atoms. The van der Waals surface area contributed by atoms with Gasteiger partial charge in [-0.1, -0.05) is 33.1 Å². The topological polar surface area (TPSA) is 20.2 Å². The predicted octanol–water partition coefficient (Wildman–Crippen LogP) is 4.00. The van der Waals surface area contributed by atoms with E-state index in [9.17, 15) is 5.11 Å². The highest BCUT2D eigenvalue weighted by molar-refractivity contribution is 4.84. The van der Waals surface area contributed by atoms with E-state index < -0.39 is 0 Å². The molecule has 0 bridgehead atoms. The Labute approximate surface area is 101 Å². The first-order valence-corrected chi connectivity index (χ1v) is 7.38. The standard InChI is InChI=1S/C15H28O/c1-3-12-5-8-13(9-6-12)14-7-4-11(2)15(16)10-14/h11-16H,3-10H2,1-2H3/t11-,12?,13?,14-,15?/m1/s1. The molecule has 0 radical (unpaired) electrons. The van der Waals surface area contributed by atoms with Crippen LogP contribution in [0.2, 0.25) is 0 Å². The van der Waals surface area contributed by atoms with Gasteiger partial charge < -0.3 is 5.11 Å². The maximum absolute atomic E-state index is 9.98. The summed E-state index contributed by atoms with van der Waals surface area (Å²) in [5.74, 6) is 3.32. The summed E-state index contributed by atoms with van der Waals surface area (Å²) in [5, 5.41) is 9.98. The highest BCUT2D eigenvalue weighted by atomic mass is 16.3. The SMILES string of the molecule is CCC1CCC([C@@H]2CC[C@@H](C)C(O)C2)CC1. The van der Waals surface area contributed by atoms with Crippen LogP contribution in [-0.4, -0.2) is 11.2 Å². The zero-order valence-corrected chi connectivity index (χ0v) is 11.0. The fraction of sp³-hybridized carbons (Fsp3) is 1.00. The number of hydrogen-bond donors (Lipinski definition) is 1. The molecule has 2 saturated carbocycles. The Morgan fingerprint density at radius 3 is 2.12 bits per heavy atom. The minimum Gasteiger partial charge on any atom is -0.393 e. The average Bonchev–Trinajstić information content (AvgIpc) is 2.33. The van der Waals surface area contributed by atoms with Crippen molar-refractivity contribution in [1.82, 2.24) is 0 Å². The second-order valence-electron chi connectivity index (χ2n) is 6.31. The quantitative estimate of drug-likeness (QED) is 0.751. The molecule has 0 aromatic heterocycles. The lowest BCUT2D eigenvalue weighted by molar-refractivity contribution is 0.0265. The molecule has 2 aliphatic carbocycles. The summed E-state index contributed by atoms with van der Waals surface area (Å²) in [6, 6.07) is 0. The molecule has 1 N–H and O–H groups in total. The van der Waals surface area contributed by atoms with Gasteiger partial charge in [0, 0.05) is 0 Å². The van der Waals surface area contributed by atoms with Crippen molar-refractivity contribution < 1.29 is 5.11 Å². The summed E-state index contributed by atoms with van der Waals surface area (Å²) >= 11 is 0. The molecule has 2 rings (SSSR count). The smallest absolute Gasteiger partial charge is 0.0568 e. The van der Waals surface area contributed by atoms with Crippen molar-refractivity contribution in [3.05, 3.63) is 0 Å². The van der Waals surface area contributed by atoms with Gasteiger partial charge in [-0.3, -0.25) is 0 Å². The molecule has 94 valence electrons. The lowest BCUT2D eigenvalue weighted by Gasteiger charge is -2.39. The van der Waals surface area contributed by atoms with Crippen molar-refractivity contribution in [2.75, 3.05) is 0 Å². The van der Waals surface area contributed by atoms with Crippen LogP contribution in [0.25, 0.3) is 0 Å². The van der Waals surface area contributed by atoms with E-state index in [1.54, 1.807) is 0 Å². The van der Waals surface area contributed by atoms with Crippen LogP contribution in [0.15, 0.2) is 0 Å². The summed E-state index contributed by atoms with van der Waals surface area (Å²) in [5.41, 5.74) is 0. The van der Waals surface area contributed by atoms with Crippen LogP contribution >= 0.6 is 0 Å². The molecule has 3 atom stereocenters. The summed E-state index contributed by atoms with van der Waals surface area (Å²) in [7, 11) is 0. The largest absolute Gasteiger partial charge is 0.393 e. The van der Waals surface area contributed by atoms with Crippen molar-refractivity contribution in [3.8, 4) is 0 Å². The first-order chi connectivity index (χ1) is 7.70. The van der Waals surface area contributed by atoms with Crippen molar-refractivity contribution in [1.29, 1.82) is 0 Å². The van der Waals surface area contributed by atoms with E-state index in [2.05, 4.69) is 13.8 Å². The Bertz CT molecular complexity index is 205. The summed E-state index contributed by atoms with van der Waals surface area (Å²) in [6.07, 6.45) is 10.8. The van der Waals surface area contributed by atoms with E-state index in [-0.39, 0.29) is 6.10 Å². The molecule has 0 aliphatic heterocycles.